The van der Waals surface area contributed by atoms with E-state index in [9.17, 15) is 9.50 Å². The molecular weight excluding hydrogens is 311 g/mol. The maximum Gasteiger partial charge on any atom is 0.134 e. The summed E-state index contributed by atoms with van der Waals surface area (Å²) in [5.41, 5.74) is 0.405. The second-order valence-corrected chi connectivity index (χ2v) is 6.42. The molecule has 0 saturated heterocycles. The van der Waals surface area contributed by atoms with Gasteiger partial charge in [-0.2, -0.15) is 0 Å². The van der Waals surface area contributed by atoms with Crippen LogP contribution in [0.2, 0.25) is 5.02 Å². The van der Waals surface area contributed by atoms with Crippen molar-refractivity contribution in [1.29, 1.82) is 0 Å². The fourth-order valence-electron chi connectivity index (χ4n) is 2.28. The van der Waals surface area contributed by atoms with Crippen LogP contribution in [0.1, 0.15) is 5.56 Å². The Balaban J connectivity index is 1.72. The number of hydrogen-bond donors (Lipinski definition) is 1. The third kappa shape index (κ3) is 3.34. The number of rotatable bonds is 3. The molecule has 0 aliphatic carbocycles. The van der Waals surface area contributed by atoms with Gasteiger partial charge < -0.3 is 9.84 Å². The fourth-order valence-corrected chi connectivity index (χ4v) is 3.54. The van der Waals surface area contributed by atoms with Crippen molar-refractivity contribution in [2.24, 2.45) is 0 Å². The van der Waals surface area contributed by atoms with E-state index in [1.807, 2.05) is 24.3 Å². The van der Waals surface area contributed by atoms with E-state index in [0.717, 1.165) is 10.6 Å². The van der Waals surface area contributed by atoms with E-state index in [1.54, 1.807) is 17.8 Å². The van der Waals surface area contributed by atoms with Crippen LogP contribution >= 0.6 is 23.4 Å². The van der Waals surface area contributed by atoms with Gasteiger partial charge in [0.05, 0.1) is 6.10 Å². The minimum absolute atomic E-state index is 0.180. The van der Waals surface area contributed by atoms with Crippen LogP contribution in [0.25, 0.3) is 0 Å². The van der Waals surface area contributed by atoms with Crippen LogP contribution in [0.4, 0.5) is 4.39 Å². The highest BCUT2D eigenvalue weighted by molar-refractivity contribution is 7.99. The van der Waals surface area contributed by atoms with Crippen molar-refractivity contribution < 1.29 is 14.2 Å². The predicted molar refractivity (Wildman–Crippen MR) is 82.7 cm³/mol. The molecule has 110 valence electrons. The molecule has 3 rings (SSSR count). The van der Waals surface area contributed by atoms with Crippen molar-refractivity contribution >= 4 is 23.4 Å². The minimum Gasteiger partial charge on any atom is -0.486 e. The Labute approximate surface area is 131 Å². The molecule has 2 nitrogen and oxygen atoms in total. The second kappa shape index (κ2) is 6.26. The smallest absolute Gasteiger partial charge is 0.134 e. The standard InChI is InChI=1S/C16H14ClFO2S/c17-11-5-6-12(18)10(7-11)8-13(19)15-9-21-16-4-2-1-3-14(16)20-15/h1-7,13,15,19H,8-9H2. The van der Waals surface area contributed by atoms with Gasteiger partial charge in [-0.25, -0.2) is 4.39 Å². The van der Waals surface area contributed by atoms with Crippen LogP contribution in [0.5, 0.6) is 5.75 Å². The Bertz CT molecular complexity index is 650. The van der Waals surface area contributed by atoms with Crippen molar-refractivity contribution in [2.75, 3.05) is 5.75 Å². The molecule has 0 saturated carbocycles. The summed E-state index contributed by atoms with van der Waals surface area (Å²) in [4.78, 5) is 1.06. The maximum atomic E-state index is 13.7. The van der Waals surface area contributed by atoms with E-state index < -0.39 is 6.10 Å². The first-order valence-electron chi connectivity index (χ1n) is 6.64. The molecule has 1 heterocycles. The largest absolute Gasteiger partial charge is 0.486 e. The summed E-state index contributed by atoms with van der Waals surface area (Å²) in [6, 6.07) is 12.1. The first kappa shape index (κ1) is 14.7. The van der Waals surface area contributed by atoms with Gasteiger partial charge in [0, 0.05) is 22.1 Å². The topological polar surface area (TPSA) is 29.5 Å². The molecule has 0 fully saturated rings. The van der Waals surface area contributed by atoms with E-state index in [0.29, 0.717) is 16.3 Å². The van der Waals surface area contributed by atoms with Crippen molar-refractivity contribution in [2.45, 2.75) is 23.5 Å². The highest BCUT2D eigenvalue weighted by Crippen LogP contribution is 2.36. The molecule has 5 heteroatoms. The number of hydrogen-bond acceptors (Lipinski definition) is 3. The van der Waals surface area contributed by atoms with Gasteiger partial charge in [-0.1, -0.05) is 23.7 Å². The van der Waals surface area contributed by atoms with Gasteiger partial charge in [-0.3, -0.25) is 0 Å². The van der Waals surface area contributed by atoms with Crippen molar-refractivity contribution in [1.82, 2.24) is 0 Å². The van der Waals surface area contributed by atoms with Crippen molar-refractivity contribution in [3.8, 4) is 5.75 Å². The zero-order valence-corrected chi connectivity index (χ0v) is 12.7. The van der Waals surface area contributed by atoms with E-state index in [2.05, 4.69) is 0 Å². The maximum absolute atomic E-state index is 13.7. The number of aliphatic hydroxyl groups excluding tert-OH is 1. The van der Waals surface area contributed by atoms with Gasteiger partial charge >= 0.3 is 0 Å². The summed E-state index contributed by atoms with van der Waals surface area (Å²) >= 11 is 7.51. The quantitative estimate of drug-likeness (QED) is 0.927. The molecule has 0 aromatic heterocycles. The van der Waals surface area contributed by atoms with Crippen molar-refractivity contribution in [3.63, 3.8) is 0 Å². The van der Waals surface area contributed by atoms with Crippen molar-refractivity contribution in [3.05, 3.63) is 58.9 Å². The molecule has 2 aromatic rings. The lowest BCUT2D eigenvalue weighted by atomic mass is 10.0. The van der Waals surface area contributed by atoms with Gasteiger partial charge in [-0.15, -0.1) is 11.8 Å². The second-order valence-electron chi connectivity index (χ2n) is 4.92. The zero-order valence-electron chi connectivity index (χ0n) is 11.1. The molecule has 1 aliphatic rings. The molecule has 2 aromatic carbocycles. The fraction of sp³-hybridized carbons (Fsp3) is 0.250. The summed E-state index contributed by atoms with van der Waals surface area (Å²) in [5, 5.41) is 10.8. The van der Waals surface area contributed by atoms with Crippen LogP contribution < -0.4 is 4.74 Å². The number of halogens is 2. The third-order valence-electron chi connectivity index (χ3n) is 3.40. The van der Waals surface area contributed by atoms with Crippen LogP contribution in [0, 0.1) is 5.82 Å². The zero-order chi connectivity index (χ0) is 14.8. The van der Waals surface area contributed by atoms with Gasteiger partial charge in [0.25, 0.3) is 0 Å². The van der Waals surface area contributed by atoms with Gasteiger partial charge in [0.2, 0.25) is 0 Å². The number of para-hydroxylation sites is 1. The number of ether oxygens (including phenoxy) is 1. The minimum atomic E-state index is -0.779. The SMILES string of the molecule is OC(Cc1cc(Cl)ccc1F)C1CSc2ccccc2O1. The van der Waals surface area contributed by atoms with Crippen LogP contribution in [-0.2, 0) is 6.42 Å². The van der Waals surface area contributed by atoms with Crippen LogP contribution in [-0.4, -0.2) is 23.1 Å². The van der Waals surface area contributed by atoms with Crippen LogP contribution in [0.3, 0.4) is 0 Å². The number of fused-ring (bicyclic) bond motifs is 1. The third-order valence-corrected chi connectivity index (χ3v) is 4.78. The highest BCUT2D eigenvalue weighted by Gasteiger charge is 2.27. The van der Waals surface area contributed by atoms with Gasteiger partial charge in [0.1, 0.15) is 17.7 Å². The van der Waals surface area contributed by atoms with Gasteiger partial charge in [-0.05, 0) is 35.9 Å². The van der Waals surface area contributed by atoms with E-state index in [4.69, 9.17) is 16.3 Å². The van der Waals surface area contributed by atoms with E-state index in [1.165, 1.54) is 12.1 Å². The summed E-state index contributed by atoms with van der Waals surface area (Å²) in [6.07, 6.45) is -0.957. The molecule has 0 bridgehead atoms. The molecule has 0 amide bonds. The summed E-state index contributed by atoms with van der Waals surface area (Å²) < 4.78 is 19.5. The lowest BCUT2D eigenvalue weighted by Gasteiger charge is -2.29. The monoisotopic (exact) mass is 324 g/mol. The molecule has 21 heavy (non-hydrogen) atoms. The molecular formula is C16H14ClFO2S. The highest BCUT2D eigenvalue weighted by atomic mass is 35.5. The molecule has 0 radical (unpaired) electrons. The van der Waals surface area contributed by atoms with E-state index >= 15 is 0 Å². The number of aliphatic hydroxyl groups is 1. The molecule has 2 unspecified atom stereocenters. The Kier molecular flexibility index (Phi) is 4.38. The molecule has 0 spiro atoms. The van der Waals surface area contributed by atoms with Gasteiger partial charge in [0.15, 0.2) is 0 Å². The molecule has 2 atom stereocenters. The Hall–Kier alpha value is -1.23. The van der Waals surface area contributed by atoms with Crippen LogP contribution in [0.15, 0.2) is 47.4 Å². The first-order valence-corrected chi connectivity index (χ1v) is 8.00. The molecule has 1 N–H and O–H groups in total. The summed E-state index contributed by atoms with van der Waals surface area (Å²) in [7, 11) is 0. The molecule has 1 aliphatic heterocycles. The number of benzene rings is 2. The Morgan fingerprint density at radius 1 is 1.33 bits per heavy atom. The summed E-state index contributed by atoms with van der Waals surface area (Å²) in [5.74, 6) is 1.05. The lowest BCUT2D eigenvalue weighted by molar-refractivity contribution is 0.0463. The summed E-state index contributed by atoms with van der Waals surface area (Å²) in [6.45, 7) is 0. The normalized spacial score (nSPS) is 18.7. The number of thioether (sulfide) groups is 1. The Morgan fingerprint density at radius 2 is 2.14 bits per heavy atom. The average Bonchev–Trinajstić information content (AvgIpc) is 2.50. The lowest BCUT2D eigenvalue weighted by Crippen LogP contribution is -2.37. The van der Waals surface area contributed by atoms with E-state index in [-0.39, 0.29) is 18.3 Å². The first-order chi connectivity index (χ1) is 10.1. The Morgan fingerprint density at radius 3 is 3.00 bits per heavy atom. The predicted octanol–water partition coefficient (Wildman–Crippen LogP) is 3.94. The average molecular weight is 325 g/mol.